The van der Waals surface area contributed by atoms with E-state index in [0.717, 1.165) is 26.3 Å². The highest BCUT2D eigenvalue weighted by Crippen LogP contribution is 2.30. The second-order valence-electron chi connectivity index (χ2n) is 4.05. The predicted molar refractivity (Wildman–Crippen MR) is 64.5 cm³/mol. The molecule has 1 aliphatic heterocycles. The Labute approximate surface area is 100 Å². The van der Waals surface area contributed by atoms with Crippen LogP contribution in [0.5, 0.6) is 0 Å². The van der Waals surface area contributed by atoms with Gasteiger partial charge in [0.05, 0.1) is 19.3 Å². The maximum atomic E-state index is 9.34. The van der Waals surface area contributed by atoms with Gasteiger partial charge in [-0.15, -0.1) is 11.3 Å². The number of hydrogen-bond donors (Lipinski definition) is 0. The summed E-state index contributed by atoms with van der Waals surface area (Å²) in [5, 5.41) is 9.34. The smallest absolute Gasteiger partial charge is 0.125 e. The van der Waals surface area contributed by atoms with Crippen LogP contribution in [0.25, 0.3) is 0 Å². The molecule has 1 saturated heterocycles. The van der Waals surface area contributed by atoms with Crippen LogP contribution in [-0.2, 0) is 4.74 Å². The second kappa shape index (κ2) is 4.96. The first-order chi connectivity index (χ1) is 7.72. The molecule has 2 heterocycles. The zero-order valence-electron chi connectivity index (χ0n) is 9.69. The predicted octanol–water partition coefficient (Wildman–Crippen LogP) is 2.26. The van der Waals surface area contributed by atoms with Gasteiger partial charge in [-0.25, -0.2) is 0 Å². The molecule has 0 aromatic carbocycles. The van der Waals surface area contributed by atoms with E-state index in [1.165, 1.54) is 15.3 Å². The number of aryl methyl sites for hydroxylation is 2. The summed E-state index contributed by atoms with van der Waals surface area (Å²) in [5.41, 5.74) is 1.17. The summed E-state index contributed by atoms with van der Waals surface area (Å²) in [4.78, 5) is 4.74. The number of hydrogen-bond acceptors (Lipinski definition) is 4. The molecular formula is C12H16N2OS. The normalized spacial score (nSPS) is 19.3. The van der Waals surface area contributed by atoms with Crippen LogP contribution in [0.4, 0.5) is 0 Å². The van der Waals surface area contributed by atoms with Crippen molar-refractivity contribution in [3.05, 3.63) is 21.4 Å². The van der Waals surface area contributed by atoms with E-state index in [-0.39, 0.29) is 6.04 Å². The third-order valence-corrected chi connectivity index (χ3v) is 3.89. The maximum absolute atomic E-state index is 9.34. The zero-order valence-corrected chi connectivity index (χ0v) is 10.5. The van der Waals surface area contributed by atoms with Crippen LogP contribution in [0.3, 0.4) is 0 Å². The summed E-state index contributed by atoms with van der Waals surface area (Å²) in [5.74, 6) is 0. The van der Waals surface area contributed by atoms with Crippen molar-refractivity contribution in [2.45, 2.75) is 19.9 Å². The lowest BCUT2D eigenvalue weighted by Crippen LogP contribution is -2.38. The standard InChI is InChI=1S/C12H16N2OS/c1-9-7-11(10(2)16-9)12(8-13)14-3-5-15-6-4-14/h7,12H,3-6H2,1-2H3. The van der Waals surface area contributed by atoms with Crippen molar-refractivity contribution in [2.75, 3.05) is 26.3 Å². The zero-order chi connectivity index (χ0) is 11.5. The Kier molecular flexibility index (Phi) is 3.59. The molecule has 0 bridgehead atoms. The van der Waals surface area contributed by atoms with Crippen molar-refractivity contribution in [3.63, 3.8) is 0 Å². The van der Waals surface area contributed by atoms with Gasteiger partial charge in [-0.1, -0.05) is 0 Å². The topological polar surface area (TPSA) is 36.3 Å². The van der Waals surface area contributed by atoms with E-state index < -0.39 is 0 Å². The molecule has 4 heteroatoms. The van der Waals surface area contributed by atoms with Crippen LogP contribution >= 0.6 is 11.3 Å². The van der Waals surface area contributed by atoms with Crippen LogP contribution in [0.2, 0.25) is 0 Å². The molecule has 0 saturated carbocycles. The van der Waals surface area contributed by atoms with Gasteiger partial charge in [-0.3, -0.25) is 4.90 Å². The van der Waals surface area contributed by atoms with Crippen molar-refractivity contribution in [1.82, 2.24) is 4.90 Å². The largest absolute Gasteiger partial charge is 0.379 e. The molecule has 0 spiro atoms. The van der Waals surface area contributed by atoms with Gasteiger partial charge < -0.3 is 4.74 Å². The Bertz CT molecular complexity index is 402. The molecule has 2 rings (SSSR count). The molecular weight excluding hydrogens is 220 g/mol. The fraction of sp³-hybridized carbons (Fsp3) is 0.583. The van der Waals surface area contributed by atoms with Crippen molar-refractivity contribution in [3.8, 4) is 6.07 Å². The molecule has 1 aromatic heterocycles. The summed E-state index contributed by atoms with van der Waals surface area (Å²) in [6, 6.07) is 4.46. The van der Waals surface area contributed by atoms with Gasteiger partial charge in [0.15, 0.2) is 0 Å². The Balaban J connectivity index is 2.22. The first-order valence-corrected chi connectivity index (χ1v) is 6.32. The molecule has 1 atom stereocenters. The molecule has 0 amide bonds. The molecule has 16 heavy (non-hydrogen) atoms. The Hall–Kier alpha value is -0.890. The van der Waals surface area contributed by atoms with E-state index in [0.29, 0.717) is 0 Å². The Morgan fingerprint density at radius 1 is 1.44 bits per heavy atom. The van der Waals surface area contributed by atoms with Crippen molar-refractivity contribution < 1.29 is 4.74 Å². The van der Waals surface area contributed by atoms with Crippen molar-refractivity contribution in [2.24, 2.45) is 0 Å². The molecule has 1 aliphatic rings. The molecule has 1 aromatic rings. The third-order valence-electron chi connectivity index (χ3n) is 2.91. The third kappa shape index (κ3) is 2.27. The van der Waals surface area contributed by atoms with Gasteiger partial charge in [-0.05, 0) is 25.5 Å². The molecule has 1 fully saturated rings. The van der Waals surface area contributed by atoms with E-state index in [2.05, 4.69) is 30.9 Å². The van der Waals surface area contributed by atoms with E-state index in [9.17, 15) is 5.26 Å². The van der Waals surface area contributed by atoms with E-state index in [4.69, 9.17) is 4.74 Å². The quantitative estimate of drug-likeness (QED) is 0.790. The van der Waals surface area contributed by atoms with Gasteiger partial charge >= 0.3 is 0 Å². The fourth-order valence-electron chi connectivity index (χ4n) is 2.11. The molecule has 0 N–H and O–H groups in total. The first kappa shape index (κ1) is 11.6. The maximum Gasteiger partial charge on any atom is 0.125 e. The van der Waals surface area contributed by atoms with Gasteiger partial charge in [0.2, 0.25) is 0 Å². The second-order valence-corrected chi connectivity index (χ2v) is 5.51. The van der Waals surface area contributed by atoms with Crippen LogP contribution < -0.4 is 0 Å². The minimum absolute atomic E-state index is 0.103. The number of thiophene rings is 1. The summed E-state index contributed by atoms with van der Waals surface area (Å²) >= 11 is 1.77. The van der Waals surface area contributed by atoms with Crippen LogP contribution in [0.1, 0.15) is 21.4 Å². The van der Waals surface area contributed by atoms with Crippen LogP contribution in [0.15, 0.2) is 6.07 Å². The lowest BCUT2D eigenvalue weighted by Gasteiger charge is -2.30. The van der Waals surface area contributed by atoms with Crippen molar-refractivity contribution >= 4 is 11.3 Å². The lowest BCUT2D eigenvalue weighted by molar-refractivity contribution is 0.0266. The number of nitrogens with zero attached hydrogens (tertiary/aromatic N) is 2. The number of ether oxygens (including phenoxy) is 1. The lowest BCUT2D eigenvalue weighted by atomic mass is 10.1. The van der Waals surface area contributed by atoms with Crippen LogP contribution in [0, 0.1) is 25.2 Å². The fourth-order valence-corrected chi connectivity index (χ4v) is 3.06. The van der Waals surface area contributed by atoms with E-state index in [1.807, 2.05) is 0 Å². The summed E-state index contributed by atoms with van der Waals surface area (Å²) in [6.07, 6.45) is 0. The Morgan fingerprint density at radius 3 is 2.62 bits per heavy atom. The average molecular weight is 236 g/mol. The van der Waals surface area contributed by atoms with E-state index >= 15 is 0 Å². The van der Waals surface area contributed by atoms with Gasteiger partial charge in [-0.2, -0.15) is 5.26 Å². The van der Waals surface area contributed by atoms with E-state index in [1.54, 1.807) is 11.3 Å². The SMILES string of the molecule is Cc1cc(C(C#N)N2CCOCC2)c(C)s1. The molecule has 3 nitrogen and oxygen atoms in total. The highest BCUT2D eigenvalue weighted by molar-refractivity contribution is 7.12. The molecule has 86 valence electrons. The van der Waals surface area contributed by atoms with Crippen molar-refractivity contribution in [1.29, 1.82) is 5.26 Å². The molecule has 0 radical (unpaired) electrons. The minimum Gasteiger partial charge on any atom is -0.379 e. The minimum atomic E-state index is -0.103. The van der Waals surface area contributed by atoms with Gasteiger partial charge in [0.1, 0.15) is 6.04 Å². The number of morpholine rings is 1. The van der Waals surface area contributed by atoms with Gasteiger partial charge in [0, 0.05) is 22.8 Å². The average Bonchev–Trinajstić information content (AvgIpc) is 2.61. The highest BCUT2D eigenvalue weighted by atomic mass is 32.1. The summed E-state index contributed by atoms with van der Waals surface area (Å²) in [6.45, 7) is 7.37. The summed E-state index contributed by atoms with van der Waals surface area (Å²) < 4.78 is 5.32. The Morgan fingerprint density at radius 2 is 2.12 bits per heavy atom. The summed E-state index contributed by atoms with van der Waals surface area (Å²) in [7, 11) is 0. The molecule has 1 unspecified atom stereocenters. The number of rotatable bonds is 2. The van der Waals surface area contributed by atoms with Crippen LogP contribution in [-0.4, -0.2) is 31.2 Å². The van der Waals surface area contributed by atoms with Gasteiger partial charge in [0.25, 0.3) is 0 Å². The highest BCUT2D eigenvalue weighted by Gasteiger charge is 2.24. The monoisotopic (exact) mass is 236 g/mol. The first-order valence-electron chi connectivity index (χ1n) is 5.50. The molecule has 0 aliphatic carbocycles. The number of nitriles is 1.